The first kappa shape index (κ1) is 16.2. The Morgan fingerprint density at radius 2 is 1.85 bits per heavy atom. The van der Waals surface area contributed by atoms with Crippen molar-refractivity contribution in [1.29, 1.82) is 0 Å². The average Bonchev–Trinajstić information content (AvgIpc) is 2.46. The molecule has 110 valence electrons. The van der Waals surface area contributed by atoms with E-state index in [-0.39, 0.29) is 17.7 Å². The maximum atomic E-state index is 12.1. The first-order valence-electron chi connectivity index (χ1n) is 7.02. The average molecular weight is 277 g/mol. The van der Waals surface area contributed by atoms with Crippen LogP contribution in [0.15, 0.2) is 24.3 Å². The zero-order valence-corrected chi connectivity index (χ0v) is 12.1. The Kier molecular flexibility index (Phi) is 6.73. The van der Waals surface area contributed by atoms with Crippen molar-refractivity contribution in [2.24, 2.45) is 11.7 Å². The highest BCUT2D eigenvalue weighted by molar-refractivity contribution is 6.04. The number of anilines is 1. The number of amides is 2. The predicted octanol–water partition coefficient (Wildman–Crippen LogP) is 1.75. The molecule has 5 nitrogen and oxygen atoms in total. The lowest BCUT2D eigenvalue weighted by atomic mass is 10.0. The molecule has 1 rings (SSSR count). The topological polar surface area (TPSA) is 84.2 Å². The second-order valence-corrected chi connectivity index (χ2v) is 4.59. The van der Waals surface area contributed by atoms with E-state index in [4.69, 9.17) is 5.73 Å². The van der Waals surface area contributed by atoms with Crippen molar-refractivity contribution >= 4 is 17.5 Å². The van der Waals surface area contributed by atoms with Gasteiger partial charge in [-0.1, -0.05) is 26.0 Å². The molecule has 4 N–H and O–H groups in total. The molecule has 0 unspecified atom stereocenters. The van der Waals surface area contributed by atoms with Crippen LogP contribution >= 0.6 is 0 Å². The Bertz CT molecular complexity index is 456. The van der Waals surface area contributed by atoms with Gasteiger partial charge in [0.2, 0.25) is 5.91 Å². The van der Waals surface area contributed by atoms with Gasteiger partial charge in [-0.15, -0.1) is 0 Å². The number of carbonyl (C=O) groups excluding carboxylic acids is 2. The van der Waals surface area contributed by atoms with Crippen molar-refractivity contribution in [2.75, 3.05) is 18.4 Å². The fourth-order valence-corrected chi connectivity index (χ4v) is 1.97. The van der Waals surface area contributed by atoms with E-state index in [0.717, 1.165) is 12.8 Å². The number of carbonyl (C=O) groups is 2. The Morgan fingerprint density at radius 1 is 1.20 bits per heavy atom. The molecule has 0 saturated heterocycles. The lowest BCUT2D eigenvalue weighted by molar-refractivity contribution is -0.120. The van der Waals surface area contributed by atoms with Crippen molar-refractivity contribution in [3.8, 4) is 0 Å². The summed E-state index contributed by atoms with van der Waals surface area (Å²) >= 11 is 0. The molecule has 0 heterocycles. The molecular weight excluding hydrogens is 254 g/mol. The van der Waals surface area contributed by atoms with E-state index < -0.39 is 0 Å². The number of hydrogen-bond acceptors (Lipinski definition) is 3. The van der Waals surface area contributed by atoms with Crippen molar-refractivity contribution < 1.29 is 9.59 Å². The normalized spacial score (nSPS) is 10.4. The first-order chi connectivity index (χ1) is 9.63. The fraction of sp³-hybridized carbons (Fsp3) is 0.467. The number of hydrogen-bond donors (Lipinski definition) is 3. The molecule has 0 bridgehead atoms. The maximum Gasteiger partial charge on any atom is 0.253 e. The molecule has 20 heavy (non-hydrogen) atoms. The van der Waals surface area contributed by atoms with Crippen LogP contribution in [0.1, 0.15) is 37.0 Å². The Labute approximate surface area is 119 Å². The highest BCUT2D eigenvalue weighted by Crippen LogP contribution is 2.17. The number of para-hydroxylation sites is 1. The molecule has 1 aromatic carbocycles. The Morgan fingerprint density at radius 3 is 2.45 bits per heavy atom. The third-order valence-electron chi connectivity index (χ3n) is 3.22. The van der Waals surface area contributed by atoms with E-state index in [1.54, 1.807) is 24.3 Å². The van der Waals surface area contributed by atoms with Gasteiger partial charge < -0.3 is 16.4 Å². The zero-order chi connectivity index (χ0) is 15.0. The van der Waals surface area contributed by atoms with Crippen LogP contribution in [-0.4, -0.2) is 24.9 Å². The number of rotatable bonds is 7. The van der Waals surface area contributed by atoms with Crippen molar-refractivity contribution in [3.05, 3.63) is 29.8 Å². The van der Waals surface area contributed by atoms with Gasteiger partial charge in [0.25, 0.3) is 5.91 Å². The molecule has 0 aliphatic heterocycles. The van der Waals surface area contributed by atoms with E-state index in [0.29, 0.717) is 24.3 Å². The number of nitrogens with two attached hydrogens (primary N) is 1. The molecule has 0 fully saturated rings. The fourth-order valence-electron chi connectivity index (χ4n) is 1.97. The molecule has 0 aliphatic rings. The molecule has 0 aromatic heterocycles. The molecule has 0 saturated carbocycles. The summed E-state index contributed by atoms with van der Waals surface area (Å²) in [7, 11) is 0. The summed E-state index contributed by atoms with van der Waals surface area (Å²) in [5.74, 6) is -0.305. The maximum absolute atomic E-state index is 12.1. The summed E-state index contributed by atoms with van der Waals surface area (Å²) in [6, 6.07) is 6.98. The van der Waals surface area contributed by atoms with Crippen molar-refractivity contribution in [3.63, 3.8) is 0 Å². The van der Waals surface area contributed by atoms with Crippen LogP contribution in [0, 0.1) is 5.92 Å². The SMILES string of the molecule is CCC(CC)C(=O)Nc1ccccc1C(=O)NCCN. The van der Waals surface area contributed by atoms with E-state index in [2.05, 4.69) is 10.6 Å². The van der Waals surface area contributed by atoms with Crippen LogP contribution in [0.2, 0.25) is 0 Å². The molecule has 0 aliphatic carbocycles. The van der Waals surface area contributed by atoms with Gasteiger partial charge in [0.05, 0.1) is 11.3 Å². The second kappa shape index (κ2) is 8.32. The van der Waals surface area contributed by atoms with Gasteiger partial charge >= 0.3 is 0 Å². The summed E-state index contributed by atoms with van der Waals surface area (Å²) in [6.45, 7) is 4.75. The minimum Gasteiger partial charge on any atom is -0.351 e. The van der Waals surface area contributed by atoms with Crippen molar-refractivity contribution in [1.82, 2.24) is 5.32 Å². The summed E-state index contributed by atoms with van der Waals surface area (Å²) in [4.78, 5) is 24.1. The van der Waals surface area contributed by atoms with Gasteiger partial charge in [-0.05, 0) is 25.0 Å². The van der Waals surface area contributed by atoms with Gasteiger partial charge in [-0.3, -0.25) is 9.59 Å². The largest absolute Gasteiger partial charge is 0.351 e. The molecule has 0 radical (unpaired) electrons. The predicted molar refractivity (Wildman–Crippen MR) is 80.5 cm³/mol. The van der Waals surface area contributed by atoms with Gasteiger partial charge in [0.1, 0.15) is 0 Å². The van der Waals surface area contributed by atoms with Gasteiger partial charge in [-0.2, -0.15) is 0 Å². The molecule has 2 amide bonds. The van der Waals surface area contributed by atoms with E-state index in [9.17, 15) is 9.59 Å². The lowest BCUT2D eigenvalue weighted by Crippen LogP contribution is -2.30. The molecule has 0 spiro atoms. The standard InChI is InChI=1S/C15H23N3O2/c1-3-11(4-2)14(19)18-13-8-6-5-7-12(13)15(20)17-10-9-16/h5-8,11H,3-4,9-10,16H2,1-2H3,(H,17,20)(H,18,19). The summed E-state index contributed by atoms with van der Waals surface area (Å²) in [6.07, 6.45) is 1.56. The summed E-state index contributed by atoms with van der Waals surface area (Å²) in [5, 5.41) is 5.54. The highest BCUT2D eigenvalue weighted by atomic mass is 16.2. The van der Waals surface area contributed by atoms with Crippen LogP contribution in [-0.2, 0) is 4.79 Å². The van der Waals surface area contributed by atoms with Crippen LogP contribution in [0.25, 0.3) is 0 Å². The van der Waals surface area contributed by atoms with Crippen molar-refractivity contribution in [2.45, 2.75) is 26.7 Å². The smallest absolute Gasteiger partial charge is 0.253 e. The lowest BCUT2D eigenvalue weighted by Gasteiger charge is -2.15. The molecule has 0 atom stereocenters. The summed E-state index contributed by atoms with van der Waals surface area (Å²) in [5.41, 5.74) is 6.36. The van der Waals surface area contributed by atoms with Crippen LogP contribution < -0.4 is 16.4 Å². The Hall–Kier alpha value is -1.88. The molecular formula is C15H23N3O2. The quantitative estimate of drug-likeness (QED) is 0.710. The highest BCUT2D eigenvalue weighted by Gasteiger charge is 2.17. The monoisotopic (exact) mass is 277 g/mol. The van der Waals surface area contributed by atoms with Crippen LogP contribution in [0.5, 0.6) is 0 Å². The minimum absolute atomic E-state index is 0.0323. The van der Waals surface area contributed by atoms with E-state index in [1.807, 2.05) is 13.8 Å². The minimum atomic E-state index is -0.226. The third-order valence-corrected chi connectivity index (χ3v) is 3.22. The van der Waals surface area contributed by atoms with E-state index >= 15 is 0 Å². The second-order valence-electron chi connectivity index (χ2n) is 4.59. The third kappa shape index (κ3) is 4.35. The first-order valence-corrected chi connectivity index (χ1v) is 7.02. The number of nitrogens with one attached hydrogen (secondary N) is 2. The van der Waals surface area contributed by atoms with E-state index in [1.165, 1.54) is 0 Å². The van der Waals surface area contributed by atoms with Gasteiger partial charge in [0.15, 0.2) is 0 Å². The number of benzene rings is 1. The summed E-state index contributed by atoms with van der Waals surface area (Å²) < 4.78 is 0. The Balaban J connectivity index is 2.85. The molecule has 5 heteroatoms. The van der Waals surface area contributed by atoms with Crippen LogP contribution in [0.3, 0.4) is 0 Å². The molecule has 1 aromatic rings. The zero-order valence-electron chi connectivity index (χ0n) is 12.1. The van der Waals surface area contributed by atoms with Gasteiger partial charge in [-0.25, -0.2) is 0 Å². The van der Waals surface area contributed by atoms with Gasteiger partial charge in [0, 0.05) is 19.0 Å². The van der Waals surface area contributed by atoms with Crippen LogP contribution in [0.4, 0.5) is 5.69 Å².